The number of fused-ring (bicyclic) bond motifs is 3. The molecule has 0 bridgehead atoms. The largest absolute Gasteiger partial charge is 0.545 e. The number of aliphatic carboxylic acids is 1. The molecular formula is C17H13O2-. The number of carboxylic acids is 1. The van der Waals surface area contributed by atoms with Gasteiger partial charge in [-0.25, -0.2) is 0 Å². The molecule has 94 valence electrons. The molecule has 0 aromatic heterocycles. The summed E-state index contributed by atoms with van der Waals surface area (Å²) in [7, 11) is 0. The summed E-state index contributed by atoms with van der Waals surface area (Å²) in [5.41, 5.74) is 6.17. The first-order valence-corrected chi connectivity index (χ1v) is 6.26. The van der Waals surface area contributed by atoms with Crippen molar-refractivity contribution in [3.63, 3.8) is 0 Å². The third-order valence-electron chi connectivity index (χ3n) is 3.58. The maximum atomic E-state index is 10.8. The average molecular weight is 249 g/mol. The monoisotopic (exact) mass is 249 g/mol. The van der Waals surface area contributed by atoms with E-state index in [0.717, 1.165) is 12.0 Å². The molecule has 0 fully saturated rings. The van der Waals surface area contributed by atoms with Crippen molar-refractivity contribution in [3.05, 3.63) is 64.7 Å². The van der Waals surface area contributed by atoms with Crippen LogP contribution in [0.3, 0.4) is 0 Å². The number of hydrogen-bond donors (Lipinski definition) is 0. The van der Waals surface area contributed by atoms with E-state index in [1.54, 1.807) is 13.0 Å². The third kappa shape index (κ3) is 1.95. The fourth-order valence-electron chi connectivity index (χ4n) is 2.61. The Bertz CT molecular complexity index is 696. The molecule has 2 heteroatoms. The lowest BCUT2D eigenvalue weighted by Crippen LogP contribution is -2.22. The molecule has 0 saturated heterocycles. The second-order valence-corrected chi connectivity index (χ2v) is 4.82. The van der Waals surface area contributed by atoms with E-state index in [0.29, 0.717) is 0 Å². The van der Waals surface area contributed by atoms with Gasteiger partial charge in [-0.05, 0) is 52.8 Å². The lowest BCUT2D eigenvalue weighted by Gasteiger charge is -2.07. The lowest BCUT2D eigenvalue weighted by molar-refractivity contribution is -0.299. The summed E-state index contributed by atoms with van der Waals surface area (Å²) in [6, 6.07) is 14.3. The Hall–Kier alpha value is -2.35. The molecule has 0 atom stereocenters. The van der Waals surface area contributed by atoms with E-state index >= 15 is 0 Å². The van der Waals surface area contributed by atoms with Crippen LogP contribution in [0.25, 0.3) is 17.2 Å². The Morgan fingerprint density at radius 1 is 1.11 bits per heavy atom. The molecular weight excluding hydrogens is 236 g/mol. The van der Waals surface area contributed by atoms with Gasteiger partial charge in [-0.2, -0.15) is 0 Å². The lowest BCUT2D eigenvalue weighted by atomic mass is 10.00. The van der Waals surface area contributed by atoms with E-state index in [4.69, 9.17) is 0 Å². The zero-order valence-corrected chi connectivity index (χ0v) is 10.6. The smallest absolute Gasteiger partial charge is 0.0672 e. The van der Waals surface area contributed by atoms with E-state index in [2.05, 4.69) is 18.2 Å². The second kappa shape index (κ2) is 4.39. The number of rotatable bonds is 2. The standard InChI is InChI=1S/C17H14O2/c1-11(17(18)19)9-12-6-4-8-15-14-7-3-2-5-13(14)10-16(12)15/h2-9H,10H2,1H3,(H,18,19)/p-1/b11-9+. The quantitative estimate of drug-likeness (QED) is 0.654. The van der Waals surface area contributed by atoms with E-state index in [9.17, 15) is 9.90 Å². The van der Waals surface area contributed by atoms with Gasteiger partial charge in [0.2, 0.25) is 0 Å². The minimum atomic E-state index is -1.12. The molecule has 0 saturated carbocycles. The number of carbonyl (C=O) groups is 1. The van der Waals surface area contributed by atoms with Crippen LogP contribution in [-0.2, 0) is 11.2 Å². The van der Waals surface area contributed by atoms with Crippen molar-refractivity contribution in [1.29, 1.82) is 0 Å². The Morgan fingerprint density at radius 2 is 1.84 bits per heavy atom. The van der Waals surface area contributed by atoms with Gasteiger partial charge in [0.05, 0.1) is 5.97 Å². The van der Waals surface area contributed by atoms with E-state index < -0.39 is 5.97 Å². The summed E-state index contributed by atoms with van der Waals surface area (Å²) < 4.78 is 0. The molecule has 1 aliphatic carbocycles. The number of carbonyl (C=O) groups excluding carboxylic acids is 1. The Labute approximate surface area is 112 Å². The molecule has 0 amide bonds. The van der Waals surface area contributed by atoms with Gasteiger partial charge in [-0.3, -0.25) is 0 Å². The van der Waals surface area contributed by atoms with E-state index in [1.807, 2.05) is 24.3 Å². The van der Waals surface area contributed by atoms with Crippen LogP contribution < -0.4 is 5.11 Å². The first-order valence-electron chi connectivity index (χ1n) is 6.26. The zero-order valence-electron chi connectivity index (χ0n) is 10.6. The van der Waals surface area contributed by atoms with Gasteiger partial charge in [0.15, 0.2) is 0 Å². The highest BCUT2D eigenvalue weighted by Gasteiger charge is 2.19. The topological polar surface area (TPSA) is 40.1 Å². The number of carboxylic acid groups (broad SMARTS) is 1. The van der Waals surface area contributed by atoms with Crippen molar-refractivity contribution >= 4 is 12.0 Å². The number of hydrogen-bond acceptors (Lipinski definition) is 2. The van der Waals surface area contributed by atoms with Gasteiger partial charge in [0.1, 0.15) is 0 Å². The highest BCUT2D eigenvalue weighted by atomic mass is 16.4. The molecule has 0 radical (unpaired) electrons. The van der Waals surface area contributed by atoms with Crippen molar-refractivity contribution in [2.45, 2.75) is 13.3 Å². The normalized spacial score (nSPS) is 13.0. The predicted octanol–water partition coefficient (Wildman–Crippen LogP) is 2.41. The van der Waals surface area contributed by atoms with Gasteiger partial charge in [-0.1, -0.05) is 42.5 Å². The van der Waals surface area contributed by atoms with Crippen LogP contribution in [0.5, 0.6) is 0 Å². The predicted molar refractivity (Wildman–Crippen MR) is 73.3 cm³/mol. The molecule has 0 unspecified atom stereocenters. The SMILES string of the molecule is C/C(=C\c1cccc2c1Cc1ccccc1-2)C(=O)[O-]. The molecule has 0 spiro atoms. The molecule has 1 aliphatic rings. The van der Waals surface area contributed by atoms with Crippen LogP contribution in [0, 0.1) is 0 Å². The van der Waals surface area contributed by atoms with Crippen molar-refractivity contribution in [2.75, 3.05) is 0 Å². The van der Waals surface area contributed by atoms with Crippen molar-refractivity contribution < 1.29 is 9.90 Å². The van der Waals surface area contributed by atoms with Crippen LogP contribution >= 0.6 is 0 Å². The molecule has 3 rings (SSSR count). The summed E-state index contributed by atoms with van der Waals surface area (Å²) in [5.74, 6) is -1.12. The van der Waals surface area contributed by atoms with Crippen LogP contribution in [0.2, 0.25) is 0 Å². The van der Waals surface area contributed by atoms with Gasteiger partial charge < -0.3 is 9.90 Å². The van der Waals surface area contributed by atoms with Crippen molar-refractivity contribution in [1.82, 2.24) is 0 Å². The second-order valence-electron chi connectivity index (χ2n) is 4.82. The first-order chi connectivity index (χ1) is 9.16. The minimum absolute atomic E-state index is 0.254. The van der Waals surface area contributed by atoms with Gasteiger partial charge in [0.25, 0.3) is 0 Å². The summed E-state index contributed by atoms with van der Waals surface area (Å²) in [4.78, 5) is 10.8. The Kier molecular flexibility index (Phi) is 2.71. The molecule has 0 heterocycles. The molecule has 2 nitrogen and oxygen atoms in total. The average Bonchev–Trinajstić information content (AvgIpc) is 2.78. The molecule has 2 aromatic carbocycles. The van der Waals surface area contributed by atoms with Crippen molar-refractivity contribution in [3.8, 4) is 11.1 Å². The zero-order chi connectivity index (χ0) is 13.4. The first kappa shape index (κ1) is 11.7. The summed E-state index contributed by atoms with van der Waals surface area (Å²) >= 11 is 0. The minimum Gasteiger partial charge on any atom is -0.545 e. The summed E-state index contributed by atoms with van der Waals surface area (Å²) in [5, 5.41) is 10.8. The molecule has 0 aliphatic heterocycles. The fraction of sp³-hybridized carbons (Fsp3) is 0.118. The van der Waals surface area contributed by atoms with E-state index in [-0.39, 0.29) is 5.57 Å². The Morgan fingerprint density at radius 3 is 2.63 bits per heavy atom. The van der Waals surface area contributed by atoms with E-state index in [1.165, 1.54) is 22.3 Å². The maximum absolute atomic E-state index is 10.8. The highest BCUT2D eigenvalue weighted by Crippen LogP contribution is 2.38. The van der Waals surface area contributed by atoms with Crippen LogP contribution in [0.4, 0.5) is 0 Å². The van der Waals surface area contributed by atoms with Gasteiger partial charge >= 0.3 is 0 Å². The molecule has 0 N–H and O–H groups in total. The highest BCUT2D eigenvalue weighted by molar-refractivity contribution is 5.91. The fourth-order valence-corrected chi connectivity index (χ4v) is 2.61. The summed E-state index contributed by atoms with van der Waals surface area (Å²) in [6.45, 7) is 1.57. The third-order valence-corrected chi connectivity index (χ3v) is 3.58. The van der Waals surface area contributed by atoms with Crippen molar-refractivity contribution in [2.24, 2.45) is 0 Å². The van der Waals surface area contributed by atoms with Crippen LogP contribution in [0.15, 0.2) is 48.0 Å². The summed E-state index contributed by atoms with van der Waals surface area (Å²) in [6.07, 6.45) is 2.55. The van der Waals surface area contributed by atoms with Gasteiger partial charge in [-0.15, -0.1) is 0 Å². The Balaban J connectivity index is 2.14. The van der Waals surface area contributed by atoms with Crippen LogP contribution in [0.1, 0.15) is 23.6 Å². The maximum Gasteiger partial charge on any atom is 0.0672 e. The molecule has 2 aromatic rings. The van der Waals surface area contributed by atoms with Crippen LogP contribution in [-0.4, -0.2) is 5.97 Å². The van der Waals surface area contributed by atoms with Gasteiger partial charge in [0, 0.05) is 0 Å². The number of benzene rings is 2. The molecule has 19 heavy (non-hydrogen) atoms.